The Balaban J connectivity index is 1.78. The number of rotatable bonds is 10. The zero-order valence-electron chi connectivity index (χ0n) is 21.4. The van der Waals surface area contributed by atoms with Crippen molar-refractivity contribution in [1.29, 1.82) is 0 Å². The van der Waals surface area contributed by atoms with Gasteiger partial charge in [0, 0.05) is 6.54 Å². The third-order valence-corrected chi connectivity index (χ3v) is 9.15. The van der Waals surface area contributed by atoms with E-state index in [-0.39, 0.29) is 16.3 Å². The average molecular weight is 566 g/mol. The third-order valence-electron chi connectivity index (χ3n) is 6.00. The molecule has 1 atom stereocenters. The average Bonchev–Trinajstić information content (AvgIpc) is 2.92. The van der Waals surface area contributed by atoms with Crippen molar-refractivity contribution in [2.24, 2.45) is 5.10 Å². The maximum atomic E-state index is 13.9. The molecule has 1 unspecified atom stereocenters. The van der Waals surface area contributed by atoms with E-state index < -0.39 is 31.9 Å². The van der Waals surface area contributed by atoms with E-state index in [1.807, 2.05) is 13.8 Å². The van der Waals surface area contributed by atoms with Crippen molar-refractivity contribution in [2.75, 3.05) is 6.54 Å². The molecule has 0 aliphatic rings. The summed E-state index contributed by atoms with van der Waals surface area (Å²) in [6.07, 6.45) is 1.30. The lowest BCUT2D eigenvalue weighted by Gasteiger charge is -2.29. The van der Waals surface area contributed by atoms with E-state index in [1.54, 1.807) is 54.6 Å². The van der Waals surface area contributed by atoms with Crippen molar-refractivity contribution in [3.05, 3.63) is 131 Å². The molecular weight excluding hydrogens is 537 g/mol. The van der Waals surface area contributed by atoms with Crippen LogP contribution in [0.5, 0.6) is 0 Å². The number of hydrogen-bond donors (Lipinski definition) is 1. The lowest BCUT2D eigenvalue weighted by atomic mass is 10.1. The molecule has 4 aromatic rings. The standard InChI is InChI=1S/C29H28FN3O4S2/c1-22-8-16-27(17-9-22)38(34,35)32-21-29(25-6-4-3-5-7-25)33(31-20-24-12-14-26(30)15-13-24)39(36,37)28-18-10-23(2)11-19-28/h3-20,29,32H,21H2,1-2H3/b31-20+. The van der Waals surface area contributed by atoms with Gasteiger partial charge in [0.1, 0.15) is 11.9 Å². The Labute approximate surface area is 228 Å². The molecule has 1 N–H and O–H groups in total. The second-order valence-electron chi connectivity index (χ2n) is 8.98. The molecule has 0 aromatic heterocycles. The molecule has 4 aromatic carbocycles. The first-order valence-electron chi connectivity index (χ1n) is 12.1. The van der Waals surface area contributed by atoms with Gasteiger partial charge in [-0.2, -0.15) is 17.9 Å². The summed E-state index contributed by atoms with van der Waals surface area (Å²) in [5, 5.41) is 4.32. The van der Waals surface area contributed by atoms with E-state index in [1.165, 1.54) is 54.7 Å². The molecule has 4 rings (SSSR count). The Hall–Kier alpha value is -3.86. The Kier molecular flexibility index (Phi) is 8.59. The van der Waals surface area contributed by atoms with E-state index in [0.717, 1.165) is 15.5 Å². The van der Waals surface area contributed by atoms with Gasteiger partial charge in [-0.15, -0.1) is 0 Å². The largest absolute Gasteiger partial charge is 0.279 e. The van der Waals surface area contributed by atoms with Crippen LogP contribution >= 0.6 is 0 Å². The van der Waals surface area contributed by atoms with Crippen molar-refractivity contribution < 1.29 is 21.2 Å². The fourth-order valence-corrected chi connectivity index (χ4v) is 6.23. The Morgan fingerprint density at radius 1 is 0.769 bits per heavy atom. The summed E-state index contributed by atoms with van der Waals surface area (Å²) in [7, 11) is -8.22. The quantitative estimate of drug-likeness (QED) is 0.212. The number of hydrogen-bond acceptors (Lipinski definition) is 5. The molecule has 0 spiro atoms. The smallest absolute Gasteiger partial charge is 0.209 e. The van der Waals surface area contributed by atoms with Crippen LogP contribution in [-0.2, 0) is 20.0 Å². The first-order chi connectivity index (χ1) is 18.6. The molecule has 0 saturated heterocycles. The van der Waals surface area contributed by atoms with E-state index in [0.29, 0.717) is 11.1 Å². The van der Waals surface area contributed by atoms with Crippen LogP contribution in [0.2, 0.25) is 0 Å². The Bertz CT molecular complexity index is 1640. The van der Waals surface area contributed by atoms with Crippen LogP contribution in [0.1, 0.15) is 28.3 Å². The van der Waals surface area contributed by atoms with Gasteiger partial charge < -0.3 is 0 Å². The van der Waals surface area contributed by atoms with Crippen molar-refractivity contribution >= 4 is 26.3 Å². The molecule has 7 nitrogen and oxygen atoms in total. The number of benzene rings is 4. The van der Waals surface area contributed by atoms with Crippen molar-refractivity contribution in [2.45, 2.75) is 29.7 Å². The van der Waals surface area contributed by atoms with Crippen LogP contribution in [0.15, 0.2) is 118 Å². The van der Waals surface area contributed by atoms with Gasteiger partial charge in [-0.3, -0.25) is 0 Å². The van der Waals surface area contributed by atoms with Crippen LogP contribution in [0, 0.1) is 19.7 Å². The highest BCUT2D eigenvalue weighted by atomic mass is 32.2. The van der Waals surface area contributed by atoms with Crippen LogP contribution in [0.3, 0.4) is 0 Å². The summed E-state index contributed by atoms with van der Waals surface area (Å²) >= 11 is 0. The highest BCUT2D eigenvalue weighted by Crippen LogP contribution is 2.29. The van der Waals surface area contributed by atoms with E-state index in [9.17, 15) is 21.2 Å². The molecule has 0 aliphatic heterocycles. The Morgan fingerprint density at radius 3 is 1.87 bits per heavy atom. The van der Waals surface area contributed by atoms with Gasteiger partial charge >= 0.3 is 0 Å². The minimum Gasteiger partial charge on any atom is -0.209 e. The first kappa shape index (κ1) is 28.2. The lowest BCUT2D eigenvalue weighted by Crippen LogP contribution is -2.39. The second kappa shape index (κ2) is 11.9. The second-order valence-corrected chi connectivity index (χ2v) is 12.5. The lowest BCUT2D eigenvalue weighted by molar-refractivity contribution is 0.337. The molecule has 10 heteroatoms. The van der Waals surface area contributed by atoms with Gasteiger partial charge in [0.15, 0.2) is 0 Å². The highest BCUT2D eigenvalue weighted by molar-refractivity contribution is 7.89. The van der Waals surface area contributed by atoms with Crippen molar-refractivity contribution in [3.63, 3.8) is 0 Å². The minimum absolute atomic E-state index is 0.00770. The van der Waals surface area contributed by atoms with E-state index in [4.69, 9.17) is 0 Å². The topological polar surface area (TPSA) is 95.9 Å². The summed E-state index contributed by atoms with van der Waals surface area (Å²) < 4.78 is 71.0. The van der Waals surface area contributed by atoms with Gasteiger partial charge in [-0.25, -0.2) is 17.5 Å². The SMILES string of the molecule is Cc1ccc(S(=O)(=O)NCC(c2ccccc2)N(/N=C/c2ccc(F)cc2)S(=O)(=O)c2ccc(C)cc2)cc1. The fraction of sp³-hybridized carbons (Fsp3) is 0.138. The van der Waals surface area contributed by atoms with E-state index in [2.05, 4.69) is 9.82 Å². The predicted molar refractivity (Wildman–Crippen MR) is 150 cm³/mol. The van der Waals surface area contributed by atoms with Gasteiger partial charge in [-0.05, 0) is 61.4 Å². The van der Waals surface area contributed by atoms with Gasteiger partial charge in [0.25, 0.3) is 10.0 Å². The molecule has 0 heterocycles. The normalized spacial score (nSPS) is 12.9. The molecular formula is C29H28FN3O4S2. The molecule has 0 fully saturated rings. The monoisotopic (exact) mass is 565 g/mol. The summed E-state index contributed by atoms with van der Waals surface area (Å²) in [5.74, 6) is -0.441. The third kappa shape index (κ3) is 6.97. The molecule has 0 bridgehead atoms. The molecule has 0 amide bonds. The van der Waals surface area contributed by atoms with E-state index >= 15 is 0 Å². The van der Waals surface area contributed by atoms with Crippen molar-refractivity contribution in [3.8, 4) is 0 Å². The summed E-state index contributed by atoms with van der Waals surface area (Å²) in [5.41, 5.74) is 2.77. The molecule has 0 radical (unpaired) electrons. The molecule has 0 aliphatic carbocycles. The Morgan fingerprint density at radius 2 is 1.31 bits per heavy atom. The molecule has 202 valence electrons. The maximum Gasteiger partial charge on any atom is 0.279 e. The number of halogens is 1. The highest BCUT2D eigenvalue weighted by Gasteiger charge is 2.32. The number of hydrazone groups is 1. The van der Waals surface area contributed by atoms with Gasteiger partial charge in [0.2, 0.25) is 10.0 Å². The van der Waals surface area contributed by atoms with Crippen LogP contribution < -0.4 is 4.72 Å². The first-order valence-corrected chi connectivity index (χ1v) is 15.0. The fourth-order valence-electron chi connectivity index (χ4n) is 3.79. The van der Waals surface area contributed by atoms with Crippen LogP contribution in [-0.4, -0.2) is 34.0 Å². The molecule has 39 heavy (non-hydrogen) atoms. The number of nitrogens with zero attached hydrogens (tertiary/aromatic N) is 2. The summed E-state index contributed by atoms with van der Waals surface area (Å²) in [6, 6.07) is 25.7. The van der Waals surface area contributed by atoms with Gasteiger partial charge in [0.05, 0.1) is 16.0 Å². The maximum absolute atomic E-state index is 13.9. The van der Waals surface area contributed by atoms with Gasteiger partial charge in [-0.1, -0.05) is 77.9 Å². The summed E-state index contributed by atoms with van der Waals surface area (Å²) in [6.45, 7) is 3.39. The van der Waals surface area contributed by atoms with Crippen molar-refractivity contribution in [1.82, 2.24) is 9.14 Å². The van der Waals surface area contributed by atoms with Crippen LogP contribution in [0.25, 0.3) is 0 Å². The zero-order chi connectivity index (χ0) is 28.0. The number of nitrogens with one attached hydrogen (secondary N) is 1. The summed E-state index contributed by atoms with van der Waals surface area (Å²) in [4.78, 5) is 0.0503. The number of aryl methyl sites for hydroxylation is 2. The zero-order valence-corrected chi connectivity index (χ0v) is 23.0. The van der Waals surface area contributed by atoms with Crippen LogP contribution in [0.4, 0.5) is 4.39 Å². The minimum atomic E-state index is -4.25. The molecule has 0 saturated carbocycles. The predicted octanol–water partition coefficient (Wildman–Crippen LogP) is 5.19. The number of sulfonamides is 2.